The zero-order valence-electron chi connectivity index (χ0n) is 10.7. The zero-order chi connectivity index (χ0) is 13.0. The van der Waals surface area contributed by atoms with Gasteiger partial charge in [-0.1, -0.05) is 0 Å². The third-order valence-corrected chi connectivity index (χ3v) is 2.75. The lowest BCUT2D eigenvalue weighted by Crippen LogP contribution is -2.34. The van der Waals surface area contributed by atoms with Crippen LogP contribution in [0.15, 0.2) is 18.2 Å². The van der Waals surface area contributed by atoms with Crippen molar-refractivity contribution < 1.29 is 9.50 Å². The molecule has 0 bridgehead atoms. The molecule has 0 saturated heterocycles. The van der Waals surface area contributed by atoms with Crippen LogP contribution in [-0.2, 0) is 0 Å². The summed E-state index contributed by atoms with van der Waals surface area (Å²) in [5.41, 5.74) is 7.53. The molecule has 3 N–H and O–H groups in total. The second-order valence-corrected chi connectivity index (χ2v) is 4.50. The minimum absolute atomic E-state index is 0.0634. The molecule has 96 valence electrons. The van der Waals surface area contributed by atoms with E-state index in [1.54, 1.807) is 6.07 Å². The van der Waals surface area contributed by atoms with Crippen LogP contribution < -0.4 is 10.6 Å². The minimum Gasteiger partial charge on any atom is -0.395 e. The number of hydrogen-bond donors (Lipinski definition) is 2. The van der Waals surface area contributed by atoms with Crippen LogP contribution in [0.2, 0.25) is 0 Å². The topological polar surface area (TPSA) is 49.5 Å². The lowest BCUT2D eigenvalue weighted by atomic mass is 10.0. The summed E-state index contributed by atoms with van der Waals surface area (Å²) in [6.07, 6.45) is 0. The molecule has 0 aliphatic carbocycles. The van der Waals surface area contributed by atoms with Crippen LogP contribution in [0.5, 0.6) is 0 Å². The van der Waals surface area contributed by atoms with Gasteiger partial charge in [0.2, 0.25) is 0 Å². The van der Waals surface area contributed by atoms with Crippen molar-refractivity contribution in [1.29, 1.82) is 0 Å². The summed E-state index contributed by atoms with van der Waals surface area (Å²) in [6, 6.07) is 4.61. The zero-order valence-corrected chi connectivity index (χ0v) is 10.7. The maximum atomic E-state index is 13.2. The summed E-state index contributed by atoms with van der Waals surface area (Å²) in [5, 5.41) is 9.08. The van der Waals surface area contributed by atoms with Gasteiger partial charge in [0.1, 0.15) is 5.82 Å². The molecule has 0 amide bonds. The molecule has 0 fully saturated rings. The number of aliphatic hydroxyl groups excluding tert-OH is 1. The molecule has 0 aliphatic rings. The van der Waals surface area contributed by atoms with E-state index in [0.717, 1.165) is 11.3 Å². The second-order valence-electron chi connectivity index (χ2n) is 4.50. The number of halogens is 1. The molecule has 17 heavy (non-hydrogen) atoms. The van der Waals surface area contributed by atoms with E-state index < -0.39 is 0 Å². The fourth-order valence-corrected chi connectivity index (χ4v) is 1.92. The van der Waals surface area contributed by atoms with E-state index >= 15 is 0 Å². The highest BCUT2D eigenvalue weighted by Gasteiger charge is 2.16. The van der Waals surface area contributed by atoms with Crippen LogP contribution in [-0.4, -0.2) is 24.3 Å². The number of rotatable bonds is 5. The Morgan fingerprint density at radius 2 is 2.00 bits per heavy atom. The summed E-state index contributed by atoms with van der Waals surface area (Å²) >= 11 is 0. The molecular weight excluding hydrogens is 219 g/mol. The van der Waals surface area contributed by atoms with Crippen molar-refractivity contribution in [1.82, 2.24) is 0 Å². The number of nitrogens with zero attached hydrogens (tertiary/aromatic N) is 1. The molecule has 1 atom stereocenters. The first-order valence-electron chi connectivity index (χ1n) is 5.90. The Labute approximate surface area is 102 Å². The Morgan fingerprint density at radius 1 is 1.35 bits per heavy atom. The van der Waals surface area contributed by atoms with Crippen molar-refractivity contribution in [2.24, 2.45) is 5.73 Å². The van der Waals surface area contributed by atoms with Crippen molar-refractivity contribution in [3.05, 3.63) is 29.6 Å². The lowest BCUT2D eigenvalue weighted by molar-refractivity contribution is 0.299. The average Bonchev–Trinajstić information content (AvgIpc) is 2.26. The summed E-state index contributed by atoms with van der Waals surface area (Å²) < 4.78 is 13.2. The van der Waals surface area contributed by atoms with Crippen molar-refractivity contribution >= 4 is 5.69 Å². The first kappa shape index (κ1) is 13.9. The number of aliphatic hydroxyl groups is 1. The van der Waals surface area contributed by atoms with E-state index in [1.165, 1.54) is 12.1 Å². The van der Waals surface area contributed by atoms with Gasteiger partial charge in [0.25, 0.3) is 0 Å². The van der Waals surface area contributed by atoms with Crippen molar-refractivity contribution in [3.63, 3.8) is 0 Å². The summed E-state index contributed by atoms with van der Waals surface area (Å²) in [4.78, 5) is 2.03. The maximum absolute atomic E-state index is 13.2. The molecule has 0 aromatic heterocycles. The average molecular weight is 240 g/mol. The number of benzene rings is 1. The Kier molecular flexibility index (Phi) is 4.90. The predicted molar refractivity (Wildman–Crippen MR) is 68.6 cm³/mol. The molecule has 0 radical (unpaired) electrons. The van der Waals surface area contributed by atoms with E-state index in [9.17, 15) is 4.39 Å². The summed E-state index contributed by atoms with van der Waals surface area (Å²) in [7, 11) is 0. The van der Waals surface area contributed by atoms with Crippen LogP contribution in [0.1, 0.15) is 32.4 Å². The molecule has 0 saturated carbocycles. The van der Waals surface area contributed by atoms with Gasteiger partial charge in [-0.15, -0.1) is 0 Å². The van der Waals surface area contributed by atoms with E-state index in [0.29, 0.717) is 6.54 Å². The van der Waals surface area contributed by atoms with Crippen LogP contribution in [0.3, 0.4) is 0 Å². The normalized spacial score (nSPS) is 12.9. The van der Waals surface area contributed by atoms with Gasteiger partial charge in [0.15, 0.2) is 0 Å². The number of anilines is 1. The molecule has 0 heterocycles. The van der Waals surface area contributed by atoms with E-state index in [1.807, 2.05) is 25.7 Å². The maximum Gasteiger partial charge on any atom is 0.123 e. The molecule has 1 rings (SSSR count). The van der Waals surface area contributed by atoms with Gasteiger partial charge in [-0.3, -0.25) is 0 Å². The van der Waals surface area contributed by atoms with Crippen LogP contribution in [0, 0.1) is 5.82 Å². The quantitative estimate of drug-likeness (QED) is 0.828. The van der Waals surface area contributed by atoms with Crippen LogP contribution in [0.4, 0.5) is 10.1 Å². The van der Waals surface area contributed by atoms with Gasteiger partial charge in [-0.25, -0.2) is 4.39 Å². The van der Waals surface area contributed by atoms with E-state index in [4.69, 9.17) is 10.8 Å². The Hall–Kier alpha value is -1.13. The standard InChI is InChI=1S/C13H21FN2O/c1-9(2)16(6-7-17)13-5-4-11(14)8-12(13)10(3)15/h4-5,8-10,17H,6-7,15H2,1-3H3. The van der Waals surface area contributed by atoms with Gasteiger partial charge in [0.05, 0.1) is 6.61 Å². The third-order valence-electron chi connectivity index (χ3n) is 2.75. The summed E-state index contributed by atoms with van der Waals surface area (Å²) in [6.45, 7) is 6.47. The molecule has 1 unspecified atom stereocenters. The fraction of sp³-hybridized carbons (Fsp3) is 0.538. The first-order chi connectivity index (χ1) is 7.97. The SMILES string of the molecule is CC(N)c1cc(F)ccc1N(CCO)C(C)C. The number of nitrogens with two attached hydrogens (primary N) is 1. The van der Waals surface area contributed by atoms with E-state index in [-0.39, 0.29) is 24.5 Å². The van der Waals surface area contributed by atoms with Gasteiger partial charge in [-0.05, 0) is 44.5 Å². The molecule has 1 aromatic carbocycles. The van der Waals surface area contributed by atoms with Crippen molar-refractivity contribution in [3.8, 4) is 0 Å². The minimum atomic E-state index is -0.284. The molecule has 0 aliphatic heterocycles. The predicted octanol–water partition coefficient (Wildman–Crippen LogP) is 2.05. The first-order valence-corrected chi connectivity index (χ1v) is 5.90. The van der Waals surface area contributed by atoms with E-state index in [2.05, 4.69) is 0 Å². The molecule has 4 heteroatoms. The smallest absolute Gasteiger partial charge is 0.123 e. The molecular formula is C13H21FN2O. The van der Waals surface area contributed by atoms with Gasteiger partial charge < -0.3 is 15.7 Å². The largest absolute Gasteiger partial charge is 0.395 e. The molecule has 0 spiro atoms. The lowest BCUT2D eigenvalue weighted by Gasteiger charge is -2.31. The Morgan fingerprint density at radius 3 is 2.47 bits per heavy atom. The summed E-state index contributed by atoms with van der Waals surface area (Å²) in [5.74, 6) is -0.284. The van der Waals surface area contributed by atoms with Crippen molar-refractivity contribution in [2.75, 3.05) is 18.1 Å². The fourth-order valence-electron chi connectivity index (χ4n) is 1.92. The highest BCUT2D eigenvalue weighted by atomic mass is 19.1. The van der Waals surface area contributed by atoms with Gasteiger partial charge in [-0.2, -0.15) is 0 Å². The highest BCUT2D eigenvalue weighted by Crippen LogP contribution is 2.27. The Bertz CT molecular complexity index is 366. The molecule has 3 nitrogen and oxygen atoms in total. The van der Waals surface area contributed by atoms with Crippen molar-refractivity contribution in [2.45, 2.75) is 32.9 Å². The third kappa shape index (κ3) is 3.41. The Balaban J connectivity index is 3.17. The van der Waals surface area contributed by atoms with Gasteiger partial charge in [0, 0.05) is 24.3 Å². The highest BCUT2D eigenvalue weighted by molar-refractivity contribution is 5.55. The monoisotopic (exact) mass is 240 g/mol. The molecule has 1 aromatic rings. The number of hydrogen-bond acceptors (Lipinski definition) is 3. The second kappa shape index (κ2) is 5.98. The van der Waals surface area contributed by atoms with Crippen LogP contribution >= 0.6 is 0 Å². The van der Waals surface area contributed by atoms with Crippen LogP contribution in [0.25, 0.3) is 0 Å². The van der Waals surface area contributed by atoms with Gasteiger partial charge >= 0.3 is 0 Å².